The van der Waals surface area contributed by atoms with Crippen LogP contribution in [0.25, 0.3) is 11.4 Å². The first kappa shape index (κ1) is 20.0. The van der Waals surface area contributed by atoms with E-state index >= 15 is 0 Å². The lowest BCUT2D eigenvalue weighted by atomic mass is 10.0. The van der Waals surface area contributed by atoms with Gasteiger partial charge in [0.1, 0.15) is 17.2 Å². The van der Waals surface area contributed by atoms with Gasteiger partial charge in [0, 0.05) is 61.1 Å². The van der Waals surface area contributed by atoms with E-state index in [0.717, 1.165) is 23.4 Å². The zero-order valence-electron chi connectivity index (χ0n) is 15.7. The van der Waals surface area contributed by atoms with Crippen LogP contribution < -0.4 is 0 Å². The van der Waals surface area contributed by atoms with E-state index < -0.39 is 11.7 Å². The molecular weight excluding hydrogens is 399 g/mol. The van der Waals surface area contributed by atoms with Crippen LogP contribution >= 0.6 is 0 Å². The van der Waals surface area contributed by atoms with Crippen LogP contribution in [-0.2, 0) is 25.7 Å². The van der Waals surface area contributed by atoms with Gasteiger partial charge in [0.05, 0.1) is 11.3 Å². The van der Waals surface area contributed by atoms with Crippen LogP contribution in [0, 0.1) is 0 Å². The molecule has 0 unspecified atom stereocenters. The van der Waals surface area contributed by atoms with Gasteiger partial charge < -0.3 is 15.3 Å². The van der Waals surface area contributed by atoms with Gasteiger partial charge in [-0.15, -0.1) is 0 Å². The van der Waals surface area contributed by atoms with Gasteiger partial charge in [-0.25, -0.2) is 9.97 Å². The smallest absolute Gasteiger partial charge is 0.416 e. The van der Waals surface area contributed by atoms with Gasteiger partial charge in [-0.1, -0.05) is 12.1 Å². The second kappa shape index (κ2) is 7.49. The summed E-state index contributed by atoms with van der Waals surface area (Å²) >= 11 is 0. The SMILES string of the molecule is Oc1cc(O)c(CN2CCc3nc(-c4ccc(C(F)(F)F)cc4)ncc3C2)c(O)c1. The number of nitrogens with zero attached hydrogens (tertiary/aromatic N) is 3. The Morgan fingerprint density at radius 3 is 2.30 bits per heavy atom. The molecule has 1 aromatic heterocycles. The van der Waals surface area contributed by atoms with Crippen LogP contribution in [0.1, 0.15) is 22.4 Å². The standard InChI is InChI=1S/C21H18F3N3O3/c22-21(23,24)14-3-1-12(2-4-14)20-25-9-13-10-27(6-5-17(13)26-20)11-16-18(29)7-15(28)8-19(16)30/h1-4,7-9,28-30H,5-6,10-11H2. The number of aromatic nitrogens is 2. The lowest BCUT2D eigenvalue weighted by Gasteiger charge is -2.28. The highest BCUT2D eigenvalue weighted by molar-refractivity contribution is 5.56. The summed E-state index contributed by atoms with van der Waals surface area (Å²) in [5, 5.41) is 29.4. The molecule has 0 saturated carbocycles. The number of halogens is 3. The minimum Gasteiger partial charge on any atom is -0.508 e. The van der Waals surface area contributed by atoms with E-state index in [1.807, 2.05) is 4.90 Å². The van der Waals surface area contributed by atoms with Gasteiger partial charge in [0.15, 0.2) is 5.82 Å². The Bertz CT molecular complexity index is 1060. The van der Waals surface area contributed by atoms with Crippen molar-refractivity contribution in [2.24, 2.45) is 0 Å². The molecule has 0 atom stereocenters. The molecule has 1 aliphatic rings. The monoisotopic (exact) mass is 417 g/mol. The van der Waals surface area contributed by atoms with E-state index in [9.17, 15) is 28.5 Å². The van der Waals surface area contributed by atoms with Crippen molar-refractivity contribution in [2.75, 3.05) is 6.54 Å². The topological polar surface area (TPSA) is 89.7 Å². The van der Waals surface area contributed by atoms with Crippen LogP contribution in [-0.4, -0.2) is 36.7 Å². The highest BCUT2D eigenvalue weighted by Gasteiger charge is 2.30. The maximum atomic E-state index is 12.7. The van der Waals surface area contributed by atoms with Crippen molar-refractivity contribution < 1.29 is 28.5 Å². The third-order valence-corrected chi connectivity index (χ3v) is 5.05. The average molecular weight is 417 g/mol. The number of hydrogen-bond acceptors (Lipinski definition) is 6. The second-order valence-electron chi connectivity index (χ2n) is 7.16. The second-order valence-corrected chi connectivity index (χ2v) is 7.16. The van der Waals surface area contributed by atoms with Crippen molar-refractivity contribution >= 4 is 0 Å². The van der Waals surface area contributed by atoms with Gasteiger partial charge >= 0.3 is 6.18 Å². The summed E-state index contributed by atoms with van der Waals surface area (Å²) in [7, 11) is 0. The molecule has 0 spiro atoms. The first-order valence-corrected chi connectivity index (χ1v) is 9.19. The van der Waals surface area contributed by atoms with Crippen LogP contribution in [0.2, 0.25) is 0 Å². The predicted molar refractivity (Wildman–Crippen MR) is 102 cm³/mol. The number of benzene rings is 2. The molecule has 0 radical (unpaired) electrons. The predicted octanol–water partition coefficient (Wildman–Crippen LogP) is 3.84. The molecule has 0 aliphatic carbocycles. The fourth-order valence-corrected chi connectivity index (χ4v) is 3.47. The molecule has 4 rings (SSSR count). The molecule has 0 saturated heterocycles. The summed E-state index contributed by atoms with van der Waals surface area (Å²) in [5.41, 5.74) is 1.79. The van der Waals surface area contributed by atoms with Crippen LogP contribution in [0.4, 0.5) is 13.2 Å². The number of fused-ring (bicyclic) bond motifs is 1. The molecule has 0 bridgehead atoms. The van der Waals surface area contributed by atoms with Gasteiger partial charge in [0.2, 0.25) is 0 Å². The van der Waals surface area contributed by atoms with E-state index in [1.165, 1.54) is 24.3 Å². The minimum absolute atomic E-state index is 0.188. The summed E-state index contributed by atoms with van der Waals surface area (Å²) < 4.78 is 38.2. The number of hydrogen-bond donors (Lipinski definition) is 3. The van der Waals surface area contributed by atoms with Crippen molar-refractivity contribution in [2.45, 2.75) is 25.7 Å². The van der Waals surface area contributed by atoms with Crippen LogP contribution in [0.3, 0.4) is 0 Å². The fraction of sp³-hybridized carbons (Fsp3) is 0.238. The first-order chi connectivity index (χ1) is 14.2. The number of alkyl halides is 3. The molecule has 156 valence electrons. The van der Waals surface area contributed by atoms with E-state index in [4.69, 9.17) is 0 Å². The lowest BCUT2D eigenvalue weighted by molar-refractivity contribution is -0.137. The normalized spacial score (nSPS) is 14.5. The van der Waals surface area contributed by atoms with Crippen molar-refractivity contribution in [3.05, 3.63) is 65.0 Å². The first-order valence-electron chi connectivity index (χ1n) is 9.19. The van der Waals surface area contributed by atoms with E-state index in [-0.39, 0.29) is 23.8 Å². The molecule has 3 N–H and O–H groups in total. The minimum atomic E-state index is -4.39. The molecule has 2 aromatic carbocycles. The maximum Gasteiger partial charge on any atom is 0.416 e. The molecule has 1 aliphatic heterocycles. The summed E-state index contributed by atoms with van der Waals surface area (Å²) in [5.74, 6) is -0.230. The zero-order chi connectivity index (χ0) is 21.5. The summed E-state index contributed by atoms with van der Waals surface area (Å²) in [4.78, 5) is 10.8. The Balaban J connectivity index is 1.51. The Labute approximate surface area is 169 Å². The summed E-state index contributed by atoms with van der Waals surface area (Å²) in [6, 6.07) is 7.08. The summed E-state index contributed by atoms with van der Waals surface area (Å²) in [6.07, 6.45) is -2.15. The molecule has 30 heavy (non-hydrogen) atoms. The van der Waals surface area contributed by atoms with Crippen molar-refractivity contribution in [1.82, 2.24) is 14.9 Å². The molecule has 0 fully saturated rings. The van der Waals surface area contributed by atoms with Gasteiger partial charge in [-0.3, -0.25) is 4.90 Å². The number of phenolic OH excluding ortho intramolecular Hbond substituents is 3. The Morgan fingerprint density at radius 1 is 1.00 bits per heavy atom. The van der Waals surface area contributed by atoms with E-state index in [1.54, 1.807) is 6.20 Å². The molecule has 2 heterocycles. The molecule has 9 heteroatoms. The Morgan fingerprint density at radius 2 is 1.67 bits per heavy atom. The maximum absolute atomic E-state index is 12.7. The highest BCUT2D eigenvalue weighted by atomic mass is 19.4. The van der Waals surface area contributed by atoms with E-state index in [0.29, 0.717) is 36.5 Å². The van der Waals surface area contributed by atoms with Crippen LogP contribution in [0.15, 0.2) is 42.6 Å². The fourth-order valence-electron chi connectivity index (χ4n) is 3.47. The highest BCUT2D eigenvalue weighted by Crippen LogP contribution is 2.34. The van der Waals surface area contributed by atoms with Gasteiger partial charge in [-0.2, -0.15) is 13.2 Å². The lowest BCUT2D eigenvalue weighted by Crippen LogP contribution is -2.31. The number of phenols is 3. The molecular formula is C21H18F3N3O3. The molecule has 0 amide bonds. The van der Waals surface area contributed by atoms with Crippen molar-refractivity contribution in [3.63, 3.8) is 0 Å². The third kappa shape index (κ3) is 4.02. The number of aromatic hydroxyl groups is 3. The largest absolute Gasteiger partial charge is 0.508 e. The van der Waals surface area contributed by atoms with Crippen LogP contribution in [0.5, 0.6) is 17.2 Å². The molecule has 3 aromatic rings. The Hall–Kier alpha value is -3.33. The van der Waals surface area contributed by atoms with Gasteiger partial charge in [0.25, 0.3) is 0 Å². The van der Waals surface area contributed by atoms with Gasteiger partial charge in [-0.05, 0) is 12.1 Å². The van der Waals surface area contributed by atoms with Crippen molar-refractivity contribution in [3.8, 4) is 28.6 Å². The van der Waals surface area contributed by atoms with Crippen molar-refractivity contribution in [1.29, 1.82) is 0 Å². The molecule has 6 nitrogen and oxygen atoms in total. The Kier molecular flexibility index (Phi) is 4.98. The zero-order valence-corrected chi connectivity index (χ0v) is 15.7. The third-order valence-electron chi connectivity index (χ3n) is 5.05. The summed E-state index contributed by atoms with van der Waals surface area (Å²) in [6.45, 7) is 1.37. The average Bonchev–Trinajstić information content (AvgIpc) is 2.69. The van der Waals surface area contributed by atoms with E-state index in [2.05, 4.69) is 9.97 Å². The number of rotatable bonds is 3. The quantitative estimate of drug-likeness (QED) is 0.600.